The molecule has 3 aliphatic rings. The third-order valence-corrected chi connectivity index (χ3v) is 7.44. The zero-order valence-corrected chi connectivity index (χ0v) is 21.1. The van der Waals surface area contributed by atoms with E-state index in [9.17, 15) is 5.26 Å². The van der Waals surface area contributed by atoms with Gasteiger partial charge in [-0.2, -0.15) is 10.4 Å². The number of hydrogen-bond donors (Lipinski definition) is 0. The first kappa shape index (κ1) is 23.5. The second kappa shape index (κ2) is 9.88. The molecule has 2 fully saturated rings. The van der Waals surface area contributed by atoms with E-state index < -0.39 is 0 Å². The van der Waals surface area contributed by atoms with Crippen molar-refractivity contribution < 1.29 is 14.2 Å². The molecular weight excluding hydrogens is 466 g/mol. The smallest absolute Gasteiger partial charge is 0.220 e. The highest BCUT2D eigenvalue weighted by Crippen LogP contribution is 2.33. The van der Waals surface area contributed by atoms with Crippen LogP contribution in [0.5, 0.6) is 5.75 Å². The molecular formula is C28H30N7O2+. The van der Waals surface area contributed by atoms with Crippen molar-refractivity contribution in [2.45, 2.75) is 38.8 Å². The Labute approximate surface area is 215 Å². The number of pyridine rings is 2. The van der Waals surface area contributed by atoms with Crippen LogP contribution in [-0.4, -0.2) is 69.0 Å². The number of hydrogen-bond acceptors (Lipinski definition) is 7. The predicted octanol–water partition coefficient (Wildman–Crippen LogP) is 3.67. The van der Waals surface area contributed by atoms with Gasteiger partial charge in [0.25, 0.3) is 0 Å². The van der Waals surface area contributed by atoms with E-state index in [0.29, 0.717) is 28.8 Å². The topological polar surface area (TPSA) is 91.0 Å². The summed E-state index contributed by atoms with van der Waals surface area (Å²) < 4.78 is 15.5. The summed E-state index contributed by atoms with van der Waals surface area (Å²) in [6, 6.07) is 10.5. The second-order valence-electron chi connectivity index (χ2n) is 9.90. The number of likely N-dealkylation sites (tertiary alicyclic amines) is 1. The van der Waals surface area contributed by atoms with E-state index in [-0.39, 0.29) is 6.10 Å². The highest BCUT2D eigenvalue weighted by molar-refractivity contribution is 6.11. The molecule has 0 radical (unpaired) electrons. The van der Waals surface area contributed by atoms with E-state index in [1.165, 1.54) is 6.42 Å². The van der Waals surface area contributed by atoms with E-state index in [1.807, 2.05) is 48.3 Å². The Morgan fingerprint density at radius 1 is 1.32 bits per heavy atom. The molecule has 0 N–H and O–H groups in total. The molecule has 3 aromatic rings. The molecule has 0 bridgehead atoms. The number of rotatable bonds is 6. The summed E-state index contributed by atoms with van der Waals surface area (Å²) in [5.41, 5.74) is 4.92. The van der Waals surface area contributed by atoms with Gasteiger partial charge in [0.2, 0.25) is 5.70 Å². The van der Waals surface area contributed by atoms with Gasteiger partial charge in [-0.05, 0) is 49.6 Å². The molecule has 0 aliphatic carbocycles. The Hall–Kier alpha value is -3.87. The summed E-state index contributed by atoms with van der Waals surface area (Å²) in [6.45, 7) is 7.94. The van der Waals surface area contributed by atoms with Crippen molar-refractivity contribution in [1.29, 1.82) is 5.26 Å². The average molecular weight is 497 g/mol. The molecule has 37 heavy (non-hydrogen) atoms. The van der Waals surface area contributed by atoms with Crippen LogP contribution in [0, 0.1) is 17.2 Å². The first-order valence-electron chi connectivity index (χ1n) is 12.8. The van der Waals surface area contributed by atoms with Gasteiger partial charge in [0.05, 0.1) is 42.6 Å². The number of piperidine rings is 1. The van der Waals surface area contributed by atoms with Crippen molar-refractivity contribution in [2.24, 2.45) is 11.0 Å². The number of nitriles is 1. The fraction of sp³-hybridized carbons (Fsp3) is 0.393. The lowest BCUT2D eigenvalue weighted by atomic mass is 9.97. The van der Waals surface area contributed by atoms with E-state index in [2.05, 4.69) is 34.2 Å². The molecule has 3 aromatic heterocycles. The van der Waals surface area contributed by atoms with Crippen LogP contribution >= 0.6 is 0 Å². The number of aromatic nitrogens is 3. The quantitative estimate of drug-likeness (QED) is 0.484. The van der Waals surface area contributed by atoms with Crippen LogP contribution in [-0.2, 0) is 4.74 Å². The van der Waals surface area contributed by atoms with Crippen LogP contribution in [0.25, 0.3) is 11.1 Å². The molecule has 6 rings (SSSR count). The highest BCUT2D eigenvalue weighted by atomic mass is 16.5. The molecule has 0 amide bonds. The average Bonchev–Trinajstić information content (AvgIpc) is 3.47. The second-order valence-corrected chi connectivity index (χ2v) is 9.90. The van der Waals surface area contributed by atoms with Gasteiger partial charge in [-0.25, -0.2) is 4.52 Å². The lowest BCUT2D eigenvalue weighted by Crippen LogP contribution is -2.52. The lowest BCUT2D eigenvalue weighted by Gasteiger charge is -2.40. The minimum atomic E-state index is -0.297. The predicted molar refractivity (Wildman–Crippen MR) is 140 cm³/mol. The highest BCUT2D eigenvalue weighted by Gasteiger charge is 2.32. The van der Waals surface area contributed by atoms with Crippen molar-refractivity contribution >= 4 is 23.5 Å². The van der Waals surface area contributed by atoms with Crippen LogP contribution in [0.2, 0.25) is 0 Å². The van der Waals surface area contributed by atoms with E-state index in [4.69, 9.17) is 14.6 Å². The van der Waals surface area contributed by atoms with Crippen molar-refractivity contribution in [1.82, 2.24) is 19.5 Å². The van der Waals surface area contributed by atoms with Crippen molar-refractivity contribution in [3.8, 4) is 11.8 Å². The first-order valence-corrected chi connectivity index (χ1v) is 12.8. The zero-order valence-electron chi connectivity index (χ0n) is 21.1. The SMILES string of the molecule is CC1=C(c2cc(O[C@H](C)c3ccccn3)c3c(C#N)cnn3c2)C=N/[N+]1=C/C1CCCN(C2COC2)C1. The van der Waals surface area contributed by atoms with Gasteiger partial charge in [0.15, 0.2) is 6.21 Å². The molecule has 188 valence electrons. The van der Waals surface area contributed by atoms with E-state index in [1.54, 1.807) is 16.9 Å². The molecule has 3 aliphatic heterocycles. The third kappa shape index (κ3) is 4.54. The summed E-state index contributed by atoms with van der Waals surface area (Å²) in [5.74, 6) is 1.04. The Kier molecular flexibility index (Phi) is 6.28. The fourth-order valence-electron chi connectivity index (χ4n) is 5.26. The maximum absolute atomic E-state index is 9.66. The molecule has 2 atom stereocenters. The zero-order chi connectivity index (χ0) is 25.4. The van der Waals surface area contributed by atoms with Gasteiger partial charge >= 0.3 is 0 Å². The van der Waals surface area contributed by atoms with Crippen LogP contribution in [0.3, 0.4) is 0 Å². The van der Waals surface area contributed by atoms with Gasteiger partial charge in [0.1, 0.15) is 35.2 Å². The first-order chi connectivity index (χ1) is 18.1. The molecule has 6 heterocycles. The largest absolute Gasteiger partial charge is 0.482 e. The van der Waals surface area contributed by atoms with Crippen LogP contribution in [0.1, 0.15) is 49.6 Å². The lowest BCUT2D eigenvalue weighted by molar-refractivity contribution is -0.474. The van der Waals surface area contributed by atoms with Gasteiger partial charge in [-0.3, -0.25) is 9.88 Å². The van der Waals surface area contributed by atoms with Crippen LogP contribution in [0.15, 0.2) is 53.7 Å². The molecule has 2 saturated heterocycles. The number of hydrazone groups is 1. The number of ether oxygens (including phenoxy) is 2. The fourth-order valence-corrected chi connectivity index (χ4v) is 5.26. The number of allylic oxidation sites excluding steroid dienone is 2. The van der Waals surface area contributed by atoms with E-state index >= 15 is 0 Å². The summed E-state index contributed by atoms with van der Waals surface area (Å²) >= 11 is 0. The Balaban J connectivity index is 1.31. The third-order valence-electron chi connectivity index (χ3n) is 7.44. The van der Waals surface area contributed by atoms with Gasteiger partial charge in [-0.1, -0.05) is 10.8 Å². The minimum absolute atomic E-state index is 0.297. The Bertz CT molecular complexity index is 1450. The summed E-state index contributed by atoms with van der Waals surface area (Å²) in [5, 5.41) is 18.8. The number of nitrogens with zero attached hydrogens (tertiary/aromatic N) is 7. The molecule has 1 unspecified atom stereocenters. The normalized spacial score (nSPS) is 22.4. The Morgan fingerprint density at radius 2 is 2.22 bits per heavy atom. The molecule has 0 spiro atoms. The van der Waals surface area contributed by atoms with Gasteiger partial charge < -0.3 is 9.47 Å². The van der Waals surface area contributed by atoms with Crippen LogP contribution in [0.4, 0.5) is 0 Å². The van der Waals surface area contributed by atoms with Crippen molar-refractivity contribution in [3.05, 3.63) is 65.4 Å². The van der Waals surface area contributed by atoms with Crippen molar-refractivity contribution in [2.75, 3.05) is 26.3 Å². The molecule has 9 nitrogen and oxygen atoms in total. The monoisotopic (exact) mass is 496 g/mol. The molecule has 9 heteroatoms. The minimum Gasteiger partial charge on any atom is -0.482 e. The van der Waals surface area contributed by atoms with Crippen molar-refractivity contribution in [3.63, 3.8) is 0 Å². The molecule has 0 aromatic carbocycles. The van der Waals surface area contributed by atoms with E-state index in [0.717, 1.165) is 55.3 Å². The number of fused-ring (bicyclic) bond motifs is 1. The van der Waals surface area contributed by atoms with Gasteiger partial charge in [0, 0.05) is 31.4 Å². The van der Waals surface area contributed by atoms with Crippen LogP contribution < -0.4 is 4.74 Å². The Morgan fingerprint density at radius 3 is 2.97 bits per heavy atom. The maximum Gasteiger partial charge on any atom is 0.220 e. The summed E-state index contributed by atoms with van der Waals surface area (Å²) in [4.78, 5) is 6.98. The molecule has 0 saturated carbocycles. The standard InChI is InChI=1S/C28H30N7O2/c1-19-25(13-32-34(19)15-21-6-5-9-33(14-21)24-17-36-18-24)22-10-27(28-23(11-29)12-31-35(28)16-22)37-20(2)26-7-3-4-8-30-26/h3-4,7-8,10,12-13,15-16,20-21,24H,5-6,9,14,17-18H2,1-2H3/q+1/b34-15+/t20-,21?/m1/s1. The summed E-state index contributed by atoms with van der Waals surface area (Å²) in [7, 11) is 0. The maximum atomic E-state index is 9.66. The van der Waals surface area contributed by atoms with Gasteiger partial charge in [-0.15, -0.1) is 0 Å². The summed E-state index contributed by atoms with van der Waals surface area (Å²) in [6.07, 6.45) is 11.5.